The van der Waals surface area contributed by atoms with Crippen molar-refractivity contribution in [3.8, 4) is 0 Å². The van der Waals surface area contributed by atoms with Crippen LogP contribution in [0.4, 0.5) is 27.6 Å². The van der Waals surface area contributed by atoms with Crippen molar-refractivity contribution >= 4 is 34.3 Å². The lowest BCUT2D eigenvalue weighted by atomic mass is 9.80. The number of halogens is 6. The molecule has 2 heterocycles. The SMILES string of the molecule is NC1(F)CC(C(=O)Nc2ccnc(C(F)(F)F)c2)=C(Cl)C(c2cnc(=O)[nH]c2)=C1c1ccc(F)cc1. The predicted octanol–water partition coefficient (Wildman–Crippen LogP) is 4.39. The maximum absolute atomic E-state index is 16.0. The van der Waals surface area contributed by atoms with Crippen LogP contribution in [0.5, 0.6) is 0 Å². The summed E-state index contributed by atoms with van der Waals surface area (Å²) >= 11 is 6.54. The van der Waals surface area contributed by atoms with Crippen molar-refractivity contribution < 1.29 is 26.7 Å². The number of hydrogen-bond acceptors (Lipinski definition) is 5. The fourth-order valence-corrected chi connectivity index (χ4v) is 4.05. The van der Waals surface area contributed by atoms with E-state index in [2.05, 4.69) is 20.3 Å². The van der Waals surface area contributed by atoms with E-state index in [1.807, 2.05) is 0 Å². The molecular formula is C23H15ClF5N5O2. The van der Waals surface area contributed by atoms with Gasteiger partial charge in [0, 0.05) is 53.0 Å². The first-order valence-electron chi connectivity index (χ1n) is 10.1. The molecule has 0 aliphatic heterocycles. The number of hydrogen-bond donors (Lipinski definition) is 3. The van der Waals surface area contributed by atoms with Gasteiger partial charge in [0.1, 0.15) is 11.5 Å². The highest BCUT2D eigenvalue weighted by molar-refractivity contribution is 6.41. The van der Waals surface area contributed by atoms with Crippen LogP contribution in [-0.2, 0) is 11.0 Å². The second kappa shape index (κ2) is 9.28. The van der Waals surface area contributed by atoms with Crippen LogP contribution >= 0.6 is 11.6 Å². The quantitative estimate of drug-likeness (QED) is 0.347. The molecule has 0 spiro atoms. The molecule has 0 bridgehead atoms. The zero-order valence-corrected chi connectivity index (χ0v) is 18.7. The lowest BCUT2D eigenvalue weighted by Gasteiger charge is -2.33. The number of aromatic amines is 1. The first kappa shape index (κ1) is 25.2. The van der Waals surface area contributed by atoms with Crippen LogP contribution < -0.4 is 16.7 Å². The Kier molecular flexibility index (Phi) is 6.50. The fraction of sp³-hybridized carbons (Fsp3) is 0.130. The Morgan fingerprint density at radius 2 is 1.83 bits per heavy atom. The summed E-state index contributed by atoms with van der Waals surface area (Å²) in [4.78, 5) is 33.6. The average Bonchev–Trinajstić information content (AvgIpc) is 2.81. The second-order valence-corrected chi connectivity index (χ2v) is 8.16. The number of amides is 1. The van der Waals surface area contributed by atoms with E-state index in [1.54, 1.807) is 0 Å². The number of nitrogens with one attached hydrogen (secondary N) is 2. The molecule has 1 aromatic carbocycles. The van der Waals surface area contributed by atoms with Gasteiger partial charge in [-0.15, -0.1) is 0 Å². The van der Waals surface area contributed by atoms with Crippen molar-refractivity contribution in [2.75, 3.05) is 5.32 Å². The Morgan fingerprint density at radius 3 is 2.44 bits per heavy atom. The van der Waals surface area contributed by atoms with Gasteiger partial charge in [-0.1, -0.05) is 23.7 Å². The molecule has 4 rings (SSSR count). The summed E-state index contributed by atoms with van der Waals surface area (Å²) < 4.78 is 68.5. The normalized spacial score (nSPS) is 18.4. The number of nitrogens with two attached hydrogens (primary N) is 1. The molecule has 0 fully saturated rings. The second-order valence-electron chi connectivity index (χ2n) is 7.78. The number of rotatable bonds is 4. The number of alkyl halides is 4. The minimum Gasteiger partial charge on any atom is -0.322 e. The van der Waals surface area contributed by atoms with E-state index in [1.165, 1.54) is 18.3 Å². The number of allylic oxidation sites excluding steroid dienone is 2. The summed E-state index contributed by atoms with van der Waals surface area (Å²) in [6, 6.07) is 6.38. The summed E-state index contributed by atoms with van der Waals surface area (Å²) in [5, 5.41) is 1.96. The lowest BCUT2D eigenvalue weighted by Crippen LogP contribution is -2.41. The number of carbonyl (C=O) groups is 1. The third-order valence-electron chi connectivity index (χ3n) is 5.26. The van der Waals surface area contributed by atoms with Crippen LogP contribution in [0, 0.1) is 5.82 Å². The van der Waals surface area contributed by atoms with Gasteiger partial charge in [-0.3, -0.25) is 15.5 Å². The molecule has 36 heavy (non-hydrogen) atoms. The topological polar surface area (TPSA) is 114 Å². The van der Waals surface area contributed by atoms with Crippen LogP contribution in [-0.4, -0.2) is 26.7 Å². The molecule has 1 aliphatic carbocycles. The first-order chi connectivity index (χ1) is 16.9. The van der Waals surface area contributed by atoms with E-state index in [0.717, 1.165) is 30.6 Å². The van der Waals surface area contributed by atoms with Gasteiger partial charge >= 0.3 is 11.9 Å². The van der Waals surface area contributed by atoms with Gasteiger partial charge in [-0.2, -0.15) is 13.2 Å². The van der Waals surface area contributed by atoms with Crippen molar-refractivity contribution in [2.24, 2.45) is 5.73 Å². The molecule has 3 aromatic rings. The van der Waals surface area contributed by atoms with E-state index >= 15 is 4.39 Å². The van der Waals surface area contributed by atoms with Crippen LogP contribution in [0.1, 0.15) is 23.2 Å². The molecule has 7 nitrogen and oxygen atoms in total. The summed E-state index contributed by atoms with van der Waals surface area (Å²) in [6.45, 7) is 0. The number of H-pyrrole nitrogens is 1. The van der Waals surface area contributed by atoms with Crippen LogP contribution in [0.2, 0.25) is 0 Å². The highest BCUT2D eigenvalue weighted by Crippen LogP contribution is 2.48. The minimum atomic E-state index is -4.76. The number of benzene rings is 1. The maximum atomic E-state index is 16.0. The maximum Gasteiger partial charge on any atom is 0.433 e. The number of carbonyl (C=O) groups excluding carboxylic acids is 1. The van der Waals surface area contributed by atoms with Crippen LogP contribution in [0.25, 0.3) is 11.1 Å². The summed E-state index contributed by atoms with van der Waals surface area (Å²) in [6.07, 6.45) is -2.42. The third-order valence-corrected chi connectivity index (χ3v) is 5.68. The molecular weight excluding hydrogens is 509 g/mol. The number of nitrogens with zero attached hydrogens (tertiary/aromatic N) is 2. The van der Waals surface area contributed by atoms with E-state index in [4.69, 9.17) is 17.3 Å². The van der Waals surface area contributed by atoms with Gasteiger partial charge in [0.15, 0.2) is 5.79 Å². The monoisotopic (exact) mass is 523 g/mol. The molecule has 2 aromatic heterocycles. The minimum absolute atomic E-state index is 0.0830. The molecule has 0 saturated heterocycles. The zero-order chi connectivity index (χ0) is 26.3. The van der Waals surface area contributed by atoms with E-state index in [9.17, 15) is 27.2 Å². The number of anilines is 1. The van der Waals surface area contributed by atoms with Crippen LogP contribution in [0.3, 0.4) is 0 Å². The van der Waals surface area contributed by atoms with E-state index in [0.29, 0.717) is 6.07 Å². The van der Waals surface area contributed by atoms with Gasteiger partial charge in [0.2, 0.25) is 0 Å². The molecule has 186 valence electrons. The smallest absolute Gasteiger partial charge is 0.322 e. The van der Waals surface area contributed by atoms with E-state index in [-0.39, 0.29) is 38.6 Å². The molecule has 1 aliphatic rings. The third kappa shape index (κ3) is 5.04. The molecule has 1 amide bonds. The Bertz CT molecular complexity index is 1440. The average molecular weight is 524 g/mol. The van der Waals surface area contributed by atoms with Gasteiger partial charge in [-0.25, -0.2) is 18.6 Å². The fourth-order valence-electron chi connectivity index (χ4n) is 3.69. The van der Waals surface area contributed by atoms with Gasteiger partial charge in [0.05, 0.1) is 5.03 Å². The van der Waals surface area contributed by atoms with Crippen molar-refractivity contribution in [3.05, 3.63) is 98.7 Å². The van der Waals surface area contributed by atoms with Gasteiger partial charge in [0.25, 0.3) is 5.91 Å². The molecule has 0 radical (unpaired) electrons. The molecule has 0 saturated carbocycles. The zero-order valence-electron chi connectivity index (χ0n) is 18.0. The summed E-state index contributed by atoms with van der Waals surface area (Å²) in [7, 11) is 0. The molecule has 1 atom stereocenters. The molecule has 4 N–H and O–H groups in total. The Hall–Kier alpha value is -3.90. The largest absolute Gasteiger partial charge is 0.433 e. The highest BCUT2D eigenvalue weighted by Gasteiger charge is 2.42. The summed E-state index contributed by atoms with van der Waals surface area (Å²) in [5.74, 6) is -4.34. The lowest BCUT2D eigenvalue weighted by molar-refractivity contribution is -0.141. The van der Waals surface area contributed by atoms with Crippen molar-refractivity contribution in [3.63, 3.8) is 0 Å². The Labute approximate surface area is 204 Å². The van der Waals surface area contributed by atoms with E-state index < -0.39 is 41.5 Å². The van der Waals surface area contributed by atoms with Gasteiger partial charge < -0.3 is 10.3 Å². The number of pyridine rings is 1. The predicted molar refractivity (Wildman–Crippen MR) is 121 cm³/mol. The molecule has 13 heteroatoms. The van der Waals surface area contributed by atoms with Crippen LogP contribution in [0.15, 0.2) is 70.4 Å². The number of aromatic nitrogens is 3. The van der Waals surface area contributed by atoms with Crippen molar-refractivity contribution in [1.29, 1.82) is 0 Å². The standard InChI is InChI=1S/C23H15ClF5N5O2/c24-19-15(20(35)34-14-5-6-31-16(7-14)23(27,28)29)8-22(26,30)18(11-1-3-13(25)4-2-11)17(19)12-9-32-21(36)33-10-12/h1-7,9-10H,8,30H2,(H,31,34,35)(H,32,33,36). The Balaban J connectivity index is 1.86. The Morgan fingerprint density at radius 1 is 1.14 bits per heavy atom. The first-order valence-corrected chi connectivity index (χ1v) is 10.5. The molecule has 1 unspecified atom stereocenters. The van der Waals surface area contributed by atoms with Gasteiger partial charge in [-0.05, 0) is 29.8 Å². The van der Waals surface area contributed by atoms with Crippen molar-refractivity contribution in [1.82, 2.24) is 15.0 Å². The van der Waals surface area contributed by atoms with Crippen molar-refractivity contribution in [2.45, 2.75) is 18.4 Å². The highest BCUT2D eigenvalue weighted by atomic mass is 35.5. The summed E-state index contributed by atoms with van der Waals surface area (Å²) in [5.41, 5.74) is 3.28.